The topological polar surface area (TPSA) is 143 Å². The Hall–Kier alpha value is -3.34. The predicted molar refractivity (Wildman–Crippen MR) is 90.0 cm³/mol. The van der Waals surface area contributed by atoms with Crippen molar-refractivity contribution in [1.82, 2.24) is 25.1 Å². The Morgan fingerprint density at radius 2 is 1.84 bits per heavy atom. The van der Waals surface area contributed by atoms with Crippen molar-refractivity contribution in [2.45, 2.75) is 11.8 Å². The van der Waals surface area contributed by atoms with Gasteiger partial charge < -0.3 is 5.32 Å². The number of nitrogens with one attached hydrogen (secondary N) is 3. The highest BCUT2D eigenvalue weighted by atomic mass is 32.2. The van der Waals surface area contributed by atoms with Gasteiger partial charge in [-0.2, -0.15) is 10.1 Å². The van der Waals surface area contributed by atoms with Gasteiger partial charge in [0.25, 0.3) is 10.0 Å². The highest BCUT2D eigenvalue weighted by Gasteiger charge is 2.15. The van der Waals surface area contributed by atoms with E-state index >= 15 is 0 Å². The summed E-state index contributed by atoms with van der Waals surface area (Å²) in [6.45, 7) is 1.73. The molecule has 2 aromatic heterocycles. The standard InChI is InChI=1S/C14H13N7O3S/c1-9-6-7-15-13(17-9)21-25(23,24)11-4-2-10(3-5-11)18-12-8-16-20-14(22)19-12/h2-8H,1H3,(H,15,17,21)(H2,18,19,20,22). The smallest absolute Gasteiger partial charge is 0.339 e. The lowest BCUT2D eigenvalue weighted by Gasteiger charge is -2.08. The molecular formula is C14H13N7O3S. The number of aromatic nitrogens is 5. The highest BCUT2D eigenvalue weighted by Crippen LogP contribution is 2.18. The van der Waals surface area contributed by atoms with Gasteiger partial charge in [0.05, 0.1) is 11.1 Å². The fraction of sp³-hybridized carbons (Fsp3) is 0.0714. The first kappa shape index (κ1) is 16.5. The highest BCUT2D eigenvalue weighted by molar-refractivity contribution is 7.92. The zero-order valence-corrected chi connectivity index (χ0v) is 13.8. The molecule has 0 aliphatic heterocycles. The Balaban J connectivity index is 1.78. The second kappa shape index (κ2) is 6.65. The van der Waals surface area contributed by atoms with E-state index in [1.54, 1.807) is 13.0 Å². The zero-order chi connectivity index (χ0) is 17.9. The first-order valence-corrected chi connectivity index (χ1v) is 8.52. The van der Waals surface area contributed by atoms with Crippen LogP contribution in [0.1, 0.15) is 5.69 Å². The summed E-state index contributed by atoms with van der Waals surface area (Å²) in [5, 5.41) is 8.61. The number of nitrogens with zero attached hydrogens (tertiary/aromatic N) is 4. The van der Waals surface area contributed by atoms with Gasteiger partial charge in [0.2, 0.25) is 5.95 Å². The lowest BCUT2D eigenvalue weighted by Crippen LogP contribution is -2.15. The molecule has 0 radical (unpaired) electrons. The van der Waals surface area contributed by atoms with E-state index in [2.05, 4.69) is 35.2 Å². The molecule has 0 unspecified atom stereocenters. The maximum absolute atomic E-state index is 12.3. The van der Waals surface area contributed by atoms with Crippen molar-refractivity contribution in [3.63, 3.8) is 0 Å². The predicted octanol–water partition coefficient (Wildman–Crippen LogP) is 0.808. The van der Waals surface area contributed by atoms with E-state index in [0.717, 1.165) is 0 Å². The maximum Gasteiger partial charge on any atom is 0.363 e. The van der Waals surface area contributed by atoms with Gasteiger partial charge in [-0.15, -0.1) is 0 Å². The molecule has 25 heavy (non-hydrogen) atoms. The third-order valence-electron chi connectivity index (χ3n) is 3.03. The van der Waals surface area contributed by atoms with Crippen LogP contribution in [-0.2, 0) is 10.0 Å². The Morgan fingerprint density at radius 3 is 2.52 bits per heavy atom. The minimum absolute atomic E-state index is 0.000914. The molecule has 3 N–H and O–H groups in total. The van der Waals surface area contributed by atoms with Gasteiger partial charge in [-0.05, 0) is 37.3 Å². The van der Waals surface area contributed by atoms with E-state index in [1.807, 2.05) is 0 Å². The van der Waals surface area contributed by atoms with Gasteiger partial charge in [0.15, 0.2) is 5.82 Å². The molecule has 3 rings (SSSR count). The van der Waals surface area contributed by atoms with Crippen LogP contribution in [0.5, 0.6) is 0 Å². The number of benzene rings is 1. The largest absolute Gasteiger partial charge is 0.363 e. The Labute approximate surface area is 142 Å². The molecule has 10 nitrogen and oxygen atoms in total. The van der Waals surface area contributed by atoms with Crippen molar-refractivity contribution in [2.75, 3.05) is 10.0 Å². The molecule has 0 amide bonds. The van der Waals surface area contributed by atoms with E-state index in [9.17, 15) is 13.2 Å². The van der Waals surface area contributed by atoms with E-state index in [4.69, 9.17) is 0 Å². The number of hydrogen-bond donors (Lipinski definition) is 3. The van der Waals surface area contributed by atoms with E-state index < -0.39 is 15.7 Å². The molecule has 0 saturated carbocycles. The van der Waals surface area contributed by atoms with Crippen LogP contribution in [0.3, 0.4) is 0 Å². The number of aromatic amines is 1. The summed E-state index contributed by atoms with van der Waals surface area (Å²) >= 11 is 0. The van der Waals surface area contributed by atoms with Crippen LogP contribution in [0.2, 0.25) is 0 Å². The fourth-order valence-electron chi connectivity index (χ4n) is 1.91. The van der Waals surface area contributed by atoms with Crippen molar-refractivity contribution in [3.8, 4) is 0 Å². The minimum Gasteiger partial charge on any atom is -0.339 e. The summed E-state index contributed by atoms with van der Waals surface area (Å²) < 4.78 is 27.0. The second-order valence-electron chi connectivity index (χ2n) is 4.95. The van der Waals surface area contributed by atoms with Crippen LogP contribution in [0.25, 0.3) is 0 Å². The minimum atomic E-state index is -3.81. The van der Waals surface area contributed by atoms with Crippen LogP contribution in [0.4, 0.5) is 17.5 Å². The Morgan fingerprint density at radius 1 is 1.08 bits per heavy atom. The van der Waals surface area contributed by atoms with Crippen molar-refractivity contribution >= 4 is 27.5 Å². The number of anilines is 3. The van der Waals surface area contributed by atoms with Gasteiger partial charge in [-0.25, -0.2) is 33.0 Å². The van der Waals surface area contributed by atoms with Gasteiger partial charge in [0, 0.05) is 17.6 Å². The van der Waals surface area contributed by atoms with Crippen LogP contribution >= 0.6 is 0 Å². The molecule has 0 aliphatic carbocycles. The monoisotopic (exact) mass is 359 g/mol. The first-order chi connectivity index (χ1) is 11.9. The van der Waals surface area contributed by atoms with Crippen LogP contribution in [-0.4, -0.2) is 33.6 Å². The van der Waals surface area contributed by atoms with Gasteiger partial charge in [0.1, 0.15) is 0 Å². The molecule has 0 bridgehead atoms. The first-order valence-electron chi connectivity index (χ1n) is 7.04. The van der Waals surface area contributed by atoms with Gasteiger partial charge in [-0.1, -0.05) is 0 Å². The van der Waals surface area contributed by atoms with Crippen molar-refractivity contribution < 1.29 is 8.42 Å². The van der Waals surface area contributed by atoms with E-state index in [-0.39, 0.29) is 16.7 Å². The Kier molecular flexibility index (Phi) is 4.39. The average Bonchev–Trinajstić information content (AvgIpc) is 2.55. The third kappa shape index (κ3) is 4.14. The third-order valence-corrected chi connectivity index (χ3v) is 4.37. The maximum atomic E-state index is 12.3. The number of rotatable bonds is 5. The molecule has 3 aromatic rings. The van der Waals surface area contributed by atoms with Gasteiger partial charge in [-0.3, -0.25) is 0 Å². The van der Waals surface area contributed by atoms with Crippen LogP contribution in [0.15, 0.2) is 52.4 Å². The molecule has 0 atom stereocenters. The molecule has 1 aromatic carbocycles. The zero-order valence-electron chi connectivity index (χ0n) is 13.0. The van der Waals surface area contributed by atoms with Crippen LogP contribution < -0.4 is 15.7 Å². The number of aryl methyl sites for hydroxylation is 1. The molecule has 0 fully saturated rings. The molecule has 0 aliphatic rings. The second-order valence-corrected chi connectivity index (χ2v) is 6.63. The molecule has 11 heteroatoms. The molecular weight excluding hydrogens is 346 g/mol. The van der Waals surface area contributed by atoms with Crippen LogP contribution in [0, 0.1) is 6.92 Å². The summed E-state index contributed by atoms with van der Waals surface area (Å²) in [7, 11) is -3.81. The van der Waals surface area contributed by atoms with E-state index in [0.29, 0.717) is 11.4 Å². The SMILES string of the molecule is Cc1ccnc(NS(=O)(=O)c2ccc(Nc3cn[nH]c(=O)n3)cc2)n1. The fourth-order valence-corrected chi connectivity index (χ4v) is 2.87. The Bertz CT molecular complexity index is 1050. The van der Waals surface area contributed by atoms with Crippen molar-refractivity contribution in [1.29, 1.82) is 0 Å². The molecule has 0 spiro atoms. The van der Waals surface area contributed by atoms with Gasteiger partial charge >= 0.3 is 5.69 Å². The summed E-state index contributed by atoms with van der Waals surface area (Å²) in [6, 6.07) is 7.54. The molecule has 128 valence electrons. The lowest BCUT2D eigenvalue weighted by atomic mass is 10.3. The van der Waals surface area contributed by atoms with E-state index in [1.165, 1.54) is 36.7 Å². The molecule has 0 saturated heterocycles. The lowest BCUT2D eigenvalue weighted by molar-refractivity contribution is 0.601. The number of H-pyrrole nitrogens is 1. The average molecular weight is 359 g/mol. The number of hydrogen-bond acceptors (Lipinski definition) is 8. The summed E-state index contributed by atoms with van der Waals surface area (Å²) in [4.78, 5) is 22.7. The summed E-state index contributed by atoms with van der Waals surface area (Å²) in [6.07, 6.45) is 2.80. The summed E-state index contributed by atoms with van der Waals surface area (Å²) in [5.41, 5.74) is 0.600. The van der Waals surface area contributed by atoms with Crippen molar-refractivity contribution in [3.05, 3.63) is 58.9 Å². The molecule has 2 heterocycles. The van der Waals surface area contributed by atoms with Crippen molar-refractivity contribution in [2.24, 2.45) is 0 Å². The summed E-state index contributed by atoms with van der Waals surface area (Å²) in [5.74, 6) is 0.242. The number of sulfonamides is 1. The normalized spacial score (nSPS) is 11.1. The quantitative estimate of drug-likeness (QED) is 0.607.